The molecule has 0 saturated heterocycles. The first-order chi connectivity index (χ1) is 14.2. The Kier molecular flexibility index (Phi) is 3.58. The predicted molar refractivity (Wildman–Crippen MR) is 128 cm³/mol. The van der Waals surface area contributed by atoms with Crippen LogP contribution in [0.2, 0.25) is 0 Å². The van der Waals surface area contributed by atoms with E-state index >= 15 is 0 Å². The molecular formula is C28H23P. The van der Waals surface area contributed by atoms with E-state index < -0.39 is 6.89 Å². The van der Waals surface area contributed by atoms with Crippen molar-refractivity contribution in [2.75, 3.05) is 13.3 Å². The molecule has 0 radical (unpaired) electrons. The molecule has 3 aromatic rings. The van der Waals surface area contributed by atoms with Gasteiger partial charge in [0.05, 0.1) is 0 Å². The Morgan fingerprint density at radius 3 is 1.83 bits per heavy atom. The van der Waals surface area contributed by atoms with Crippen molar-refractivity contribution >= 4 is 23.1 Å². The van der Waals surface area contributed by atoms with Crippen LogP contribution < -0.4 is 10.4 Å². The van der Waals surface area contributed by atoms with Crippen molar-refractivity contribution in [1.29, 1.82) is 0 Å². The summed E-state index contributed by atoms with van der Waals surface area (Å²) < 4.78 is 0. The average molecular weight is 390 g/mol. The van der Waals surface area contributed by atoms with Gasteiger partial charge in [-0.25, -0.2) is 0 Å². The monoisotopic (exact) mass is 390 g/mol. The molecule has 3 aromatic carbocycles. The van der Waals surface area contributed by atoms with Crippen LogP contribution >= 0.6 is 6.89 Å². The van der Waals surface area contributed by atoms with E-state index in [0.29, 0.717) is 5.92 Å². The van der Waals surface area contributed by atoms with E-state index in [2.05, 4.69) is 110 Å². The molecule has 0 bridgehead atoms. The molecule has 0 heterocycles. The molecule has 3 aliphatic rings. The van der Waals surface area contributed by atoms with Crippen molar-refractivity contribution < 1.29 is 0 Å². The van der Waals surface area contributed by atoms with Gasteiger partial charge in [0.1, 0.15) is 0 Å². The third kappa shape index (κ3) is 2.27. The summed E-state index contributed by atoms with van der Waals surface area (Å²) in [5.41, 5.74) is 7.11. The Labute approximate surface area is 172 Å². The van der Waals surface area contributed by atoms with Gasteiger partial charge < -0.3 is 0 Å². The SMILES string of the molecule is CP(C)(C1=c2ccccc2=C2C=CC=CC21)=C1c2ccccc2-c2ccccc21. The normalized spacial score (nSPS) is 18.6. The predicted octanol–water partition coefficient (Wildman–Crippen LogP) is 5.23. The van der Waals surface area contributed by atoms with Gasteiger partial charge in [0.2, 0.25) is 0 Å². The lowest BCUT2D eigenvalue weighted by atomic mass is 9.97. The number of allylic oxidation sites excluding steroid dienone is 4. The highest BCUT2D eigenvalue weighted by atomic mass is 31.2. The minimum absolute atomic E-state index is 0.396. The van der Waals surface area contributed by atoms with Crippen LogP contribution in [0.5, 0.6) is 0 Å². The Bertz CT molecular complexity index is 1380. The van der Waals surface area contributed by atoms with Gasteiger partial charge in [-0.3, -0.25) is 0 Å². The fourth-order valence-electron chi connectivity index (χ4n) is 5.53. The van der Waals surface area contributed by atoms with Gasteiger partial charge in [-0.2, -0.15) is 0 Å². The number of hydrogen-bond donors (Lipinski definition) is 0. The van der Waals surface area contributed by atoms with E-state index in [4.69, 9.17) is 0 Å². The quantitative estimate of drug-likeness (QED) is 0.391. The van der Waals surface area contributed by atoms with E-state index in [9.17, 15) is 0 Å². The largest absolute Gasteiger partial charge is 0.0770 e. The van der Waals surface area contributed by atoms with Gasteiger partial charge in [-0.1, -0.05) is 104 Å². The highest BCUT2D eigenvalue weighted by molar-refractivity contribution is 7.84. The molecule has 1 unspecified atom stereocenters. The summed E-state index contributed by atoms with van der Waals surface area (Å²) in [5, 5.41) is 6.07. The van der Waals surface area contributed by atoms with Crippen molar-refractivity contribution in [3.63, 3.8) is 0 Å². The van der Waals surface area contributed by atoms with Crippen LogP contribution in [-0.4, -0.2) is 18.6 Å². The first-order valence-electron chi connectivity index (χ1n) is 10.3. The third-order valence-electron chi connectivity index (χ3n) is 6.65. The molecular weight excluding hydrogens is 367 g/mol. The van der Waals surface area contributed by atoms with E-state index in [1.54, 1.807) is 10.6 Å². The van der Waals surface area contributed by atoms with E-state index in [0.717, 1.165) is 0 Å². The molecule has 140 valence electrons. The molecule has 0 N–H and O–H groups in total. The lowest BCUT2D eigenvalue weighted by molar-refractivity contribution is 1.16. The van der Waals surface area contributed by atoms with E-state index in [1.165, 1.54) is 38.3 Å². The molecule has 1 heteroatoms. The molecule has 3 aliphatic carbocycles. The van der Waals surface area contributed by atoms with Gasteiger partial charge in [0.15, 0.2) is 0 Å². The van der Waals surface area contributed by atoms with Gasteiger partial charge in [0.25, 0.3) is 0 Å². The molecule has 29 heavy (non-hydrogen) atoms. The summed E-state index contributed by atoms with van der Waals surface area (Å²) >= 11 is 0. The zero-order valence-electron chi connectivity index (χ0n) is 16.8. The lowest BCUT2D eigenvalue weighted by Gasteiger charge is -2.29. The van der Waals surface area contributed by atoms with Gasteiger partial charge in [-0.05, 0) is 62.2 Å². The molecule has 0 aromatic heterocycles. The second-order valence-electron chi connectivity index (χ2n) is 8.50. The molecule has 0 nitrogen and oxygen atoms in total. The van der Waals surface area contributed by atoms with E-state index in [1.807, 2.05) is 0 Å². The highest BCUT2D eigenvalue weighted by Crippen LogP contribution is 2.61. The second-order valence-corrected chi connectivity index (χ2v) is 12.3. The molecule has 0 amide bonds. The number of benzene rings is 3. The topological polar surface area (TPSA) is 0 Å². The number of hydrogen-bond acceptors (Lipinski definition) is 0. The van der Waals surface area contributed by atoms with Crippen LogP contribution in [0.1, 0.15) is 11.1 Å². The first kappa shape index (κ1) is 17.1. The van der Waals surface area contributed by atoms with Crippen molar-refractivity contribution in [1.82, 2.24) is 0 Å². The van der Waals surface area contributed by atoms with Crippen LogP contribution in [0, 0.1) is 5.92 Å². The van der Waals surface area contributed by atoms with Crippen LogP contribution in [-0.2, 0) is 0 Å². The molecule has 0 spiro atoms. The minimum atomic E-state index is -1.60. The zero-order valence-corrected chi connectivity index (χ0v) is 17.7. The first-order valence-corrected chi connectivity index (χ1v) is 13.0. The molecule has 0 aliphatic heterocycles. The Morgan fingerprint density at radius 2 is 1.17 bits per heavy atom. The Balaban J connectivity index is 1.79. The molecule has 0 fully saturated rings. The molecule has 1 atom stereocenters. The fourth-order valence-corrected chi connectivity index (χ4v) is 9.08. The van der Waals surface area contributed by atoms with Crippen LogP contribution in [0.25, 0.3) is 22.0 Å². The standard InChI is InChI=1S/C28H23P/c1-29(2,27-23-15-7-3-11-19(23)20-12-4-8-16-24(20)27)28-25-17-9-5-13-21(25)22-14-6-10-18-26(22)28/h3-18,23H,1-2H3. The van der Waals surface area contributed by atoms with E-state index in [-0.39, 0.29) is 0 Å². The summed E-state index contributed by atoms with van der Waals surface area (Å²) in [6.45, 7) is 3.46. The van der Waals surface area contributed by atoms with Crippen molar-refractivity contribution in [2.24, 2.45) is 5.92 Å². The van der Waals surface area contributed by atoms with Gasteiger partial charge >= 0.3 is 0 Å². The maximum absolute atomic E-state index is 2.53. The summed E-state index contributed by atoms with van der Waals surface area (Å²) in [7, 11) is 0. The summed E-state index contributed by atoms with van der Waals surface area (Å²) in [6.07, 6.45) is 9.13. The number of fused-ring (bicyclic) bond motifs is 5. The molecule has 0 saturated carbocycles. The second kappa shape index (κ2) is 6.09. The highest BCUT2D eigenvalue weighted by Gasteiger charge is 2.34. The fraction of sp³-hybridized carbons (Fsp3) is 0.107. The van der Waals surface area contributed by atoms with Crippen LogP contribution in [0.3, 0.4) is 0 Å². The van der Waals surface area contributed by atoms with Crippen molar-refractivity contribution in [2.45, 2.75) is 0 Å². The van der Waals surface area contributed by atoms with Crippen molar-refractivity contribution in [3.05, 3.63) is 119 Å². The lowest BCUT2D eigenvalue weighted by Crippen LogP contribution is -2.23. The maximum atomic E-state index is 2.53. The Morgan fingerprint density at radius 1 is 0.621 bits per heavy atom. The molecule has 6 rings (SSSR count). The third-order valence-corrected chi connectivity index (χ3v) is 9.97. The summed E-state index contributed by atoms with van der Waals surface area (Å²) in [4.78, 5) is 0. The van der Waals surface area contributed by atoms with Crippen LogP contribution in [0.15, 0.2) is 97.1 Å². The summed E-state index contributed by atoms with van der Waals surface area (Å²) in [6, 6.07) is 27.0. The zero-order chi connectivity index (χ0) is 19.6. The minimum Gasteiger partial charge on any atom is -0.0770 e. The average Bonchev–Trinajstić information content (AvgIpc) is 3.28. The van der Waals surface area contributed by atoms with Crippen molar-refractivity contribution in [3.8, 4) is 11.1 Å². The van der Waals surface area contributed by atoms with Crippen LogP contribution in [0.4, 0.5) is 0 Å². The van der Waals surface area contributed by atoms with Gasteiger partial charge in [0, 0.05) is 5.92 Å². The summed E-state index contributed by atoms with van der Waals surface area (Å²) in [5.74, 6) is 0.396. The maximum Gasteiger partial charge on any atom is 0.0288 e. The van der Waals surface area contributed by atoms with Gasteiger partial charge in [-0.15, -0.1) is 0 Å². The Hall–Kier alpha value is -2.82. The number of rotatable bonds is 1. The smallest absolute Gasteiger partial charge is 0.0288 e.